The molecule has 41 heavy (non-hydrogen) atoms. The van der Waals surface area contributed by atoms with Gasteiger partial charge >= 0.3 is 5.69 Å². The molecule has 0 saturated carbocycles. The lowest BCUT2D eigenvalue weighted by atomic mass is 10.0. The predicted molar refractivity (Wildman–Crippen MR) is 148 cm³/mol. The fraction of sp³-hybridized carbons (Fsp3) is 0.321. The predicted octanol–water partition coefficient (Wildman–Crippen LogP) is -0.456. The van der Waals surface area contributed by atoms with E-state index >= 15 is 0 Å². The molecule has 0 bridgehead atoms. The fourth-order valence-corrected chi connectivity index (χ4v) is 4.41. The number of rotatable bonds is 9. The highest BCUT2D eigenvalue weighted by Gasteiger charge is 2.48. The van der Waals surface area contributed by atoms with Gasteiger partial charge in [-0.25, -0.2) is 4.79 Å². The Morgan fingerprint density at radius 2 is 1.78 bits per heavy atom. The highest BCUT2D eigenvalue weighted by molar-refractivity contribution is 5.97. The van der Waals surface area contributed by atoms with E-state index in [1.54, 1.807) is 36.4 Å². The molecule has 4 rings (SSSR count). The Balaban J connectivity index is 1.45. The number of nitrogens with two attached hydrogens (primary N) is 1. The van der Waals surface area contributed by atoms with Crippen LogP contribution in [0.25, 0.3) is 0 Å². The van der Waals surface area contributed by atoms with E-state index in [0.29, 0.717) is 5.69 Å². The van der Waals surface area contributed by atoms with Crippen molar-refractivity contribution >= 4 is 29.2 Å². The van der Waals surface area contributed by atoms with Gasteiger partial charge in [0.25, 0.3) is 5.91 Å². The summed E-state index contributed by atoms with van der Waals surface area (Å²) in [4.78, 5) is 54.7. The Labute approximate surface area is 235 Å². The van der Waals surface area contributed by atoms with Crippen LogP contribution in [-0.4, -0.2) is 68.4 Å². The van der Waals surface area contributed by atoms with Crippen LogP contribution in [0.3, 0.4) is 0 Å². The number of anilines is 2. The zero-order valence-corrected chi connectivity index (χ0v) is 22.5. The van der Waals surface area contributed by atoms with Crippen LogP contribution in [0.15, 0.2) is 65.6 Å². The van der Waals surface area contributed by atoms with E-state index < -0.39 is 54.0 Å². The summed E-state index contributed by atoms with van der Waals surface area (Å²) in [5, 5.41) is 28.9. The Morgan fingerprint density at radius 3 is 2.49 bits per heavy atom. The molecule has 5 atom stereocenters. The zero-order valence-electron chi connectivity index (χ0n) is 22.5. The first-order chi connectivity index (χ1) is 19.5. The molecule has 7 N–H and O–H groups in total. The monoisotopic (exact) mass is 564 g/mol. The zero-order chi connectivity index (χ0) is 29.7. The van der Waals surface area contributed by atoms with Gasteiger partial charge in [-0.05, 0) is 42.7 Å². The normalized spacial score (nSPS) is 20.7. The van der Waals surface area contributed by atoms with Crippen molar-refractivity contribution in [3.05, 3.63) is 88.0 Å². The van der Waals surface area contributed by atoms with E-state index in [9.17, 15) is 29.4 Å². The average molecular weight is 565 g/mol. The SMILES string of the molecule is Cc1cccc(NC(=O)CNC(=O)[C@@H](Cc2ccccc2)NC(=O)[C@H]2O[C@@H](n3ccc(N)nc3=O)[C@H](O)[C@@H]2O)c1C. The molecule has 1 fully saturated rings. The third-order valence-electron chi connectivity index (χ3n) is 6.84. The molecule has 1 aliphatic heterocycles. The van der Waals surface area contributed by atoms with Crippen LogP contribution in [0.5, 0.6) is 0 Å². The minimum atomic E-state index is -1.71. The fourth-order valence-electron chi connectivity index (χ4n) is 4.41. The van der Waals surface area contributed by atoms with Crippen LogP contribution in [0.1, 0.15) is 22.9 Å². The van der Waals surface area contributed by atoms with Gasteiger partial charge in [-0.3, -0.25) is 19.0 Å². The van der Waals surface area contributed by atoms with Crippen molar-refractivity contribution < 1.29 is 29.3 Å². The number of ether oxygens (including phenoxy) is 1. The van der Waals surface area contributed by atoms with Crippen LogP contribution < -0.4 is 27.4 Å². The maximum Gasteiger partial charge on any atom is 0.351 e. The number of aliphatic hydroxyl groups excluding tert-OH is 2. The number of aliphatic hydroxyl groups is 2. The van der Waals surface area contributed by atoms with Gasteiger partial charge < -0.3 is 36.6 Å². The first-order valence-corrected chi connectivity index (χ1v) is 12.9. The van der Waals surface area contributed by atoms with Crippen LogP contribution in [0, 0.1) is 13.8 Å². The van der Waals surface area contributed by atoms with Gasteiger partial charge in [0.2, 0.25) is 11.8 Å². The average Bonchev–Trinajstić information content (AvgIpc) is 3.24. The summed E-state index contributed by atoms with van der Waals surface area (Å²) in [6.07, 6.45) is -5.11. The first kappa shape index (κ1) is 29.4. The summed E-state index contributed by atoms with van der Waals surface area (Å²) in [6.45, 7) is 3.43. The van der Waals surface area contributed by atoms with Crippen LogP contribution in [-0.2, 0) is 25.5 Å². The number of aromatic nitrogens is 2. The molecule has 0 aliphatic carbocycles. The molecule has 216 valence electrons. The lowest BCUT2D eigenvalue weighted by Gasteiger charge is -2.22. The largest absolute Gasteiger partial charge is 0.387 e. The Hall–Kier alpha value is -4.59. The highest BCUT2D eigenvalue weighted by Crippen LogP contribution is 2.28. The molecule has 0 spiro atoms. The molecule has 13 heteroatoms. The molecule has 0 unspecified atom stereocenters. The lowest BCUT2D eigenvalue weighted by molar-refractivity contribution is -0.141. The van der Waals surface area contributed by atoms with E-state index in [1.807, 2.05) is 26.0 Å². The smallest absolute Gasteiger partial charge is 0.351 e. The van der Waals surface area contributed by atoms with Gasteiger partial charge in [-0.15, -0.1) is 0 Å². The third-order valence-corrected chi connectivity index (χ3v) is 6.84. The topological polar surface area (TPSA) is 198 Å². The number of benzene rings is 2. The molecule has 2 aromatic carbocycles. The number of nitrogen functional groups attached to an aromatic ring is 1. The maximum absolute atomic E-state index is 13.2. The number of carbonyl (C=O) groups is 3. The van der Waals surface area contributed by atoms with Gasteiger partial charge in [0, 0.05) is 18.3 Å². The quantitative estimate of drug-likeness (QED) is 0.199. The molecule has 1 aliphatic rings. The van der Waals surface area contributed by atoms with E-state index in [0.717, 1.165) is 21.3 Å². The Kier molecular flexibility index (Phi) is 9.12. The Bertz CT molecular complexity index is 1480. The van der Waals surface area contributed by atoms with E-state index in [1.165, 1.54) is 12.3 Å². The maximum atomic E-state index is 13.2. The van der Waals surface area contributed by atoms with Crippen molar-refractivity contribution in [1.29, 1.82) is 0 Å². The standard InChI is InChI=1S/C28H32N6O7/c1-15-7-6-10-18(16(15)2)31-21(35)14-30-25(38)19(13-17-8-4-3-5-9-17)32-26(39)24-22(36)23(37)27(41-24)34-12-11-20(29)33-28(34)40/h3-12,19,22-24,27,36-37H,13-14H2,1-2H3,(H,30,38)(H,31,35)(H,32,39)(H2,29,33,40)/t19-,22+,23-,24+,27-/m1/s1. The van der Waals surface area contributed by atoms with Gasteiger partial charge in [0.1, 0.15) is 24.1 Å². The lowest BCUT2D eigenvalue weighted by Crippen LogP contribution is -2.53. The number of nitrogens with zero attached hydrogens (tertiary/aromatic N) is 2. The van der Waals surface area contributed by atoms with Crippen LogP contribution >= 0.6 is 0 Å². The number of hydrogen-bond donors (Lipinski definition) is 6. The molecule has 1 saturated heterocycles. The summed E-state index contributed by atoms with van der Waals surface area (Å²) >= 11 is 0. The number of hydrogen-bond acceptors (Lipinski definition) is 9. The molecule has 13 nitrogen and oxygen atoms in total. The third kappa shape index (κ3) is 6.95. The van der Waals surface area contributed by atoms with Gasteiger partial charge in [0.15, 0.2) is 12.3 Å². The van der Waals surface area contributed by atoms with E-state index in [2.05, 4.69) is 20.9 Å². The summed E-state index contributed by atoms with van der Waals surface area (Å²) in [5.74, 6) is -2.06. The van der Waals surface area contributed by atoms with Crippen molar-refractivity contribution in [2.24, 2.45) is 0 Å². The minimum Gasteiger partial charge on any atom is -0.387 e. The second-order valence-corrected chi connectivity index (χ2v) is 9.74. The van der Waals surface area contributed by atoms with Gasteiger partial charge in [0.05, 0.1) is 6.54 Å². The second-order valence-electron chi connectivity index (χ2n) is 9.74. The molecular formula is C28H32N6O7. The number of carbonyl (C=O) groups excluding carboxylic acids is 3. The summed E-state index contributed by atoms with van der Waals surface area (Å²) in [7, 11) is 0. The second kappa shape index (κ2) is 12.7. The molecule has 1 aromatic heterocycles. The van der Waals surface area contributed by atoms with Crippen molar-refractivity contribution in [3.8, 4) is 0 Å². The minimum absolute atomic E-state index is 0.0500. The molecular weight excluding hydrogens is 532 g/mol. The van der Waals surface area contributed by atoms with Crippen LogP contribution in [0.4, 0.5) is 11.5 Å². The molecule has 2 heterocycles. The Morgan fingerprint density at radius 1 is 1.05 bits per heavy atom. The van der Waals surface area contributed by atoms with Gasteiger partial charge in [-0.2, -0.15) is 4.98 Å². The number of amides is 3. The van der Waals surface area contributed by atoms with Crippen molar-refractivity contribution in [2.75, 3.05) is 17.6 Å². The summed E-state index contributed by atoms with van der Waals surface area (Å²) in [6, 6.07) is 14.5. The molecule has 0 radical (unpaired) electrons. The van der Waals surface area contributed by atoms with Crippen molar-refractivity contribution in [2.45, 2.75) is 50.8 Å². The van der Waals surface area contributed by atoms with Crippen molar-refractivity contribution in [3.63, 3.8) is 0 Å². The first-order valence-electron chi connectivity index (χ1n) is 12.9. The highest BCUT2D eigenvalue weighted by atomic mass is 16.6. The van der Waals surface area contributed by atoms with Crippen LogP contribution in [0.2, 0.25) is 0 Å². The number of aryl methyl sites for hydroxylation is 1. The number of nitrogens with one attached hydrogen (secondary N) is 3. The summed E-state index contributed by atoms with van der Waals surface area (Å²) in [5.41, 5.74) is 7.89. The van der Waals surface area contributed by atoms with Crippen molar-refractivity contribution in [1.82, 2.24) is 20.2 Å². The molecule has 3 aromatic rings. The van der Waals surface area contributed by atoms with Gasteiger partial charge in [-0.1, -0.05) is 42.5 Å². The molecule has 3 amide bonds. The summed E-state index contributed by atoms with van der Waals surface area (Å²) < 4.78 is 6.45. The van der Waals surface area contributed by atoms with E-state index in [-0.39, 0.29) is 18.8 Å². The van der Waals surface area contributed by atoms with E-state index in [4.69, 9.17) is 10.5 Å².